The molecule has 4 aromatic carbocycles. The van der Waals surface area contributed by atoms with E-state index in [4.69, 9.17) is 13.9 Å². The van der Waals surface area contributed by atoms with Gasteiger partial charge in [0.2, 0.25) is 5.91 Å². The van der Waals surface area contributed by atoms with Crippen molar-refractivity contribution >= 4 is 16.8 Å². The van der Waals surface area contributed by atoms with Crippen LogP contribution in [0.4, 0.5) is 0 Å². The number of aromatic nitrogens is 1. The SMILES string of the molecule is COc1ccc(Cn2cc([C@H](CC(=O)NCc3ccco3)c3cccc(OCc4ccccc4)c3)c3ccccc32)cc1. The van der Waals surface area contributed by atoms with Crippen LogP contribution in [0.15, 0.2) is 132 Å². The number of amides is 1. The molecule has 0 aliphatic rings. The van der Waals surface area contributed by atoms with E-state index in [1.807, 2.05) is 66.7 Å². The fourth-order valence-electron chi connectivity index (χ4n) is 5.44. The van der Waals surface area contributed by atoms with E-state index in [2.05, 4.69) is 64.6 Å². The van der Waals surface area contributed by atoms with Crippen molar-refractivity contribution in [3.05, 3.63) is 156 Å². The van der Waals surface area contributed by atoms with E-state index in [9.17, 15) is 4.79 Å². The molecule has 1 atom stereocenters. The molecule has 0 saturated carbocycles. The van der Waals surface area contributed by atoms with Crippen LogP contribution in [0.1, 0.15) is 40.4 Å². The van der Waals surface area contributed by atoms with Gasteiger partial charge in [-0.05, 0) is 64.7 Å². The first-order valence-corrected chi connectivity index (χ1v) is 14.4. The van der Waals surface area contributed by atoms with Crippen LogP contribution in [0.3, 0.4) is 0 Å². The molecule has 216 valence electrons. The Morgan fingerprint density at radius 3 is 2.44 bits per heavy atom. The maximum atomic E-state index is 13.4. The number of hydrogen-bond acceptors (Lipinski definition) is 4. The van der Waals surface area contributed by atoms with Gasteiger partial charge in [-0.25, -0.2) is 0 Å². The van der Waals surface area contributed by atoms with Crippen LogP contribution in [0.2, 0.25) is 0 Å². The lowest BCUT2D eigenvalue weighted by molar-refractivity contribution is -0.121. The minimum Gasteiger partial charge on any atom is -0.497 e. The van der Waals surface area contributed by atoms with Gasteiger partial charge in [0.05, 0.1) is 19.9 Å². The summed E-state index contributed by atoms with van der Waals surface area (Å²) in [5.74, 6) is 2.07. The molecule has 43 heavy (non-hydrogen) atoms. The molecule has 0 unspecified atom stereocenters. The number of ether oxygens (including phenoxy) is 2. The molecule has 1 N–H and O–H groups in total. The first kappa shape index (κ1) is 27.9. The number of carbonyl (C=O) groups is 1. The highest BCUT2D eigenvalue weighted by atomic mass is 16.5. The summed E-state index contributed by atoms with van der Waals surface area (Å²) in [6, 6.07) is 38.4. The number of methoxy groups -OCH3 is 1. The van der Waals surface area contributed by atoms with Crippen LogP contribution in [0, 0.1) is 0 Å². The van der Waals surface area contributed by atoms with Crippen LogP contribution in [0.5, 0.6) is 11.5 Å². The van der Waals surface area contributed by atoms with Crippen molar-refractivity contribution in [2.75, 3.05) is 7.11 Å². The highest BCUT2D eigenvalue weighted by Crippen LogP contribution is 2.36. The van der Waals surface area contributed by atoms with Crippen LogP contribution in [-0.2, 0) is 24.5 Å². The van der Waals surface area contributed by atoms with E-state index in [1.54, 1.807) is 13.4 Å². The second kappa shape index (κ2) is 13.2. The Hall–Kier alpha value is -5.23. The van der Waals surface area contributed by atoms with Crippen molar-refractivity contribution in [3.8, 4) is 11.5 Å². The zero-order valence-corrected chi connectivity index (χ0v) is 24.1. The van der Waals surface area contributed by atoms with Gasteiger partial charge in [-0.3, -0.25) is 4.79 Å². The monoisotopic (exact) mass is 570 g/mol. The lowest BCUT2D eigenvalue weighted by Gasteiger charge is -2.18. The smallest absolute Gasteiger partial charge is 0.221 e. The number of benzene rings is 4. The zero-order valence-electron chi connectivity index (χ0n) is 24.1. The van der Waals surface area contributed by atoms with E-state index in [0.29, 0.717) is 19.7 Å². The van der Waals surface area contributed by atoms with Crippen LogP contribution >= 0.6 is 0 Å². The van der Waals surface area contributed by atoms with Crippen LogP contribution in [0.25, 0.3) is 10.9 Å². The van der Waals surface area contributed by atoms with E-state index in [-0.39, 0.29) is 18.2 Å². The molecule has 6 nitrogen and oxygen atoms in total. The normalized spacial score (nSPS) is 11.7. The summed E-state index contributed by atoms with van der Waals surface area (Å²) in [5, 5.41) is 4.16. The van der Waals surface area contributed by atoms with E-state index < -0.39 is 0 Å². The topological polar surface area (TPSA) is 65.6 Å². The van der Waals surface area contributed by atoms with E-state index >= 15 is 0 Å². The van der Waals surface area contributed by atoms with Crippen molar-refractivity contribution in [3.63, 3.8) is 0 Å². The molecule has 2 aromatic heterocycles. The van der Waals surface area contributed by atoms with Gasteiger partial charge in [-0.15, -0.1) is 0 Å². The van der Waals surface area contributed by atoms with Gasteiger partial charge in [0, 0.05) is 36.0 Å². The molecule has 0 radical (unpaired) electrons. The third-order valence-corrected chi connectivity index (χ3v) is 7.64. The van der Waals surface area contributed by atoms with Crippen LogP contribution < -0.4 is 14.8 Å². The lowest BCUT2D eigenvalue weighted by Crippen LogP contribution is -2.24. The summed E-state index contributed by atoms with van der Waals surface area (Å²) >= 11 is 0. The highest BCUT2D eigenvalue weighted by Gasteiger charge is 2.23. The van der Waals surface area contributed by atoms with Crippen molar-refractivity contribution in [2.24, 2.45) is 0 Å². The molecule has 0 saturated heterocycles. The third-order valence-electron chi connectivity index (χ3n) is 7.64. The van der Waals surface area contributed by atoms with E-state index in [0.717, 1.165) is 50.4 Å². The van der Waals surface area contributed by atoms with Gasteiger partial charge < -0.3 is 23.8 Å². The lowest BCUT2D eigenvalue weighted by atomic mass is 9.88. The minimum absolute atomic E-state index is 0.0519. The second-order valence-electron chi connectivity index (χ2n) is 10.5. The minimum atomic E-state index is -0.195. The van der Waals surface area contributed by atoms with Crippen molar-refractivity contribution < 1.29 is 18.7 Å². The molecule has 6 rings (SSSR count). The summed E-state index contributed by atoms with van der Waals surface area (Å²) < 4.78 is 19.2. The maximum absolute atomic E-state index is 13.4. The first-order chi connectivity index (χ1) is 21.2. The second-order valence-corrected chi connectivity index (χ2v) is 10.5. The zero-order chi connectivity index (χ0) is 29.4. The number of rotatable bonds is 12. The Kier molecular flexibility index (Phi) is 8.55. The molecule has 6 heteroatoms. The van der Waals surface area contributed by atoms with E-state index in [1.165, 1.54) is 0 Å². The molecule has 0 fully saturated rings. The molecule has 0 aliphatic carbocycles. The summed E-state index contributed by atoms with van der Waals surface area (Å²) in [6.45, 7) is 1.51. The number of nitrogens with zero attached hydrogens (tertiary/aromatic N) is 1. The molecule has 2 heterocycles. The Morgan fingerprint density at radius 2 is 1.65 bits per heavy atom. The Balaban J connectivity index is 1.33. The van der Waals surface area contributed by atoms with Gasteiger partial charge >= 0.3 is 0 Å². The average molecular weight is 571 g/mol. The fourth-order valence-corrected chi connectivity index (χ4v) is 5.44. The molecule has 0 aliphatic heterocycles. The number of carbonyl (C=O) groups excluding carboxylic acids is 1. The quantitative estimate of drug-likeness (QED) is 0.164. The highest BCUT2D eigenvalue weighted by molar-refractivity contribution is 5.87. The van der Waals surface area contributed by atoms with Gasteiger partial charge in [-0.1, -0.05) is 72.8 Å². The predicted molar refractivity (Wildman–Crippen MR) is 168 cm³/mol. The van der Waals surface area contributed by atoms with Gasteiger partial charge in [-0.2, -0.15) is 0 Å². The molecule has 0 spiro atoms. The Labute approximate surface area is 251 Å². The van der Waals surface area contributed by atoms with Crippen molar-refractivity contribution in [1.82, 2.24) is 9.88 Å². The molecule has 6 aromatic rings. The predicted octanol–water partition coefficient (Wildman–Crippen LogP) is 7.71. The summed E-state index contributed by atoms with van der Waals surface area (Å²) in [6.07, 6.45) is 4.08. The fraction of sp³-hybridized carbons (Fsp3) is 0.162. The van der Waals surface area contributed by atoms with Gasteiger partial charge in [0.25, 0.3) is 0 Å². The van der Waals surface area contributed by atoms with Gasteiger partial charge in [0.1, 0.15) is 23.9 Å². The number of furan rings is 1. The number of hydrogen-bond donors (Lipinski definition) is 1. The molecule has 1 amide bonds. The van der Waals surface area contributed by atoms with Gasteiger partial charge in [0.15, 0.2) is 0 Å². The number of para-hydroxylation sites is 1. The molecular formula is C37H34N2O4. The maximum Gasteiger partial charge on any atom is 0.221 e. The van der Waals surface area contributed by atoms with Crippen LogP contribution in [-0.4, -0.2) is 17.6 Å². The third kappa shape index (κ3) is 6.81. The molecular weight excluding hydrogens is 536 g/mol. The number of fused-ring (bicyclic) bond motifs is 1. The Morgan fingerprint density at radius 1 is 0.837 bits per heavy atom. The van der Waals surface area contributed by atoms with Crippen molar-refractivity contribution in [2.45, 2.75) is 32.0 Å². The summed E-state index contributed by atoms with van der Waals surface area (Å²) in [5.41, 5.74) is 5.50. The Bertz CT molecular complexity index is 1770. The first-order valence-electron chi connectivity index (χ1n) is 14.4. The summed E-state index contributed by atoms with van der Waals surface area (Å²) in [4.78, 5) is 13.4. The molecule has 0 bridgehead atoms. The summed E-state index contributed by atoms with van der Waals surface area (Å²) in [7, 11) is 1.67. The standard InChI is InChI=1S/C37H34N2O4/c1-41-30-18-16-27(17-19-30)24-39-25-35(33-14-5-6-15-36(33)39)34(22-37(40)38-23-32-13-8-20-42-32)29-11-7-12-31(21-29)43-26-28-9-3-2-4-10-28/h2-21,25,34H,22-24,26H2,1H3,(H,38,40)/t34-/m1/s1. The largest absolute Gasteiger partial charge is 0.497 e. The van der Waals surface area contributed by atoms with Crippen molar-refractivity contribution in [1.29, 1.82) is 0 Å². The average Bonchev–Trinajstić information content (AvgIpc) is 3.71. The number of nitrogens with one attached hydrogen (secondary N) is 1.